The second-order valence-corrected chi connectivity index (χ2v) is 2.67. The molecule has 0 radical (unpaired) electrons. The van der Waals surface area contributed by atoms with Gasteiger partial charge in [-0.25, -0.2) is 4.89 Å². The zero-order valence-corrected chi connectivity index (χ0v) is 6.77. The molecule has 0 fully saturated rings. The molecule has 2 heterocycles. The molecule has 64 valence electrons. The van der Waals surface area contributed by atoms with Gasteiger partial charge >= 0.3 is 0 Å². The maximum Gasteiger partial charge on any atom is 0.240 e. The minimum absolute atomic E-state index is 0.0989. The Morgan fingerprint density at radius 2 is 2.17 bits per heavy atom. The van der Waals surface area contributed by atoms with E-state index in [0.29, 0.717) is 0 Å². The second kappa shape index (κ2) is 2.86. The van der Waals surface area contributed by atoms with Gasteiger partial charge in [-0.3, -0.25) is 0 Å². The van der Waals surface area contributed by atoms with Crippen molar-refractivity contribution in [1.82, 2.24) is 0 Å². The lowest BCUT2D eigenvalue weighted by atomic mass is 10.1. The van der Waals surface area contributed by atoms with Gasteiger partial charge in [0.1, 0.15) is 6.10 Å². The van der Waals surface area contributed by atoms with Crippen molar-refractivity contribution in [2.24, 2.45) is 0 Å². The molecule has 3 nitrogen and oxygen atoms in total. The third kappa shape index (κ3) is 1.22. The summed E-state index contributed by atoms with van der Waals surface area (Å²) in [5, 5.41) is 0. The smallest absolute Gasteiger partial charge is 0.240 e. The number of rotatable bonds is 1. The first-order chi connectivity index (χ1) is 5.85. The lowest BCUT2D eigenvalue weighted by molar-refractivity contribution is -0.406. The Morgan fingerprint density at radius 3 is 2.83 bits per heavy atom. The zero-order valence-electron chi connectivity index (χ0n) is 6.77. The van der Waals surface area contributed by atoms with Crippen LogP contribution in [0.15, 0.2) is 36.5 Å². The molecule has 0 aromatic carbocycles. The van der Waals surface area contributed by atoms with Gasteiger partial charge in [-0.2, -0.15) is 4.89 Å². The predicted octanol–water partition coefficient (Wildman–Crippen LogP) is 1.34. The van der Waals surface area contributed by atoms with Gasteiger partial charge in [0, 0.05) is 7.11 Å². The maximum atomic E-state index is 5.15. The van der Waals surface area contributed by atoms with Crippen LogP contribution >= 0.6 is 0 Å². The minimum Gasteiger partial charge on any atom is -0.344 e. The first-order valence-corrected chi connectivity index (χ1v) is 3.80. The summed E-state index contributed by atoms with van der Waals surface area (Å²) in [4.78, 5) is 10.1. The SMILES string of the molecule is COC12C=CC(/C=C\C=C/1)OO2. The van der Waals surface area contributed by atoms with E-state index in [4.69, 9.17) is 14.5 Å². The normalized spacial score (nSPS) is 43.6. The van der Waals surface area contributed by atoms with Crippen LogP contribution in [-0.4, -0.2) is 19.0 Å². The fourth-order valence-electron chi connectivity index (χ4n) is 1.13. The van der Waals surface area contributed by atoms with Gasteiger partial charge < -0.3 is 4.74 Å². The quantitative estimate of drug-likeness (QED) is 0.434. The summed E-state index contributed by atoms with van der Waals surface area (Å²) >= 11 is 0. The van der Waals surface area contributed by atoms with Crippen molar-refractivity contribution in [1.29, 1.82) is 0 Å². The summed E-state index contributed by atoms with van der Waals surface area (Å²) in [6, 6.07) is 0. The Kier molecular flexibility index (Phi) is 1.84. The van der Waals surface area contributed by atoms with Gasteiger partial charge in [-0.1, -0.05) is 12.2 Å². The minimum atomic E-state index is -0.832. The molecule has 0 aromatic rings. The van der Waals surface area contributed by atoms with Gasteiger partial charge in [0.05, 0.1) is 0 Å². The number of hydrogen-bond donors (Lipinski definition) is 0. The van der Waals surface area contributed by atoms with E-state index in [1.165, 1.54) is 0 Å². The summed E-state index contributed by atoms with van der Waals surface area (Å²) in [5.41, 5.74) is 0. The molecule has 0 saturated heterocycles. The van der Waals surface area contributed by atoms with Crippen molar-refractivity contribution in [3.05, 3.63) is 36.5 Å². The molecule has 3 heteroatoms. The van der Waals surface area contributed by atoms with Crippen LogP contribution in [0, 0.1) is 0 Å². The van der Waals surface area contributed by atoms with Crippen molar-refractivity contribution in [2.75, 3.05) is 7.11 Å². The number of fused-ring (bicyclic) bond motifs is 2. The molecule has 2 atom stereocenters. The molecular weight excluding hydrogens is 156 g/mol. The monoisotopic (exact) mass is 166 g/mol. The van der Waals surface area contributed by atoms with Crippen LogP contribution in [0.3, 0.4) is 0 Å². The molecule has 0 aromatic heterocycles. The largest absolute Gasteiger partial charge is 0.344 e. The molecule has 2 aliphatic heterocycles. The summed E-state index contributed by atoms with van der Waals surface area (Å²) < 4.78 is 5.15. The topological polar surface area (TPSA) is 27.7 Å². The third-order valence-electron chi connectivity index (χ3n) is 1.87. The highest BCUT2D eigenvalue weighted by Crippen LogP contribution is 2.24. The number of methoxy groups -OCH3 is 1. The van der Waals surface area contributed by atoms with Gasteiger partial charge in [-0.05, 0) is 24.3 Å². The third-order valence-corrected chi connectivity index (χ3v) is 1.87. The lowest BCUT2D eigenvalue weighted by Gasteiger charge is -2.30. The van der Waals surface area contributed by atoms with Gasteiger partial charge in [-0.15, -0.1) is 0 Å². The van der Waals surface area contributed by atoms with Crippen LogP contribution in [0.25, 0.3) is 0 Å². The molecule has 0 spiro atoms. The van der Waals surface area contributed by atoms with E-state index in [-0.39, 0.29) is 6.10 Å². The number of allylic oxidation sites excluding steroid dienone is 2. The summed E-state index contributed by atoms with van der Waals surface area (Å²) in [6.07, 6.45) is 11.1. The molecule has 3 rings (SSSR count). The average Bonchev–Trinajstić information content (AvgIpc) is 2.07. The van der Waals surface area contributed by atoms with E-state index in [1.54, 1.807) is 13.2 Å². The summed E-state index contributed by atoms with van der Waals surface area (Å²) in [7, 11) is 1.57. The van der Waals surface area contributed by atoms with Crippen molar-refractivity contribution in [3.8, 4) is 0 Å². The molecular formula is C9H10O3. The standard InChI is InChI=1S/C9H10O3/c1-10-9-6-3-2-4-8(5-7-9)11-12-9/h2-8H,1H3/b4-2-,6-3-. The van der Waals surface area contributed by atoms with Crippen molar-refractivity contribution >= 4 is 0 Å². The predicted molar refractivity (Wildman–Crippen MR) is 43.1 cm³/mol. The molecule has 0 N–H and O–H groups in total. The van der Waals surface area contributed by atoms with Crippen molar-refractivity contribution in [3.63, 3.8) is 0 Å². The Balaban J connectivity index is 2.35. The average molecular weight is 166 g/mol. The summed E-state index contributed by atoms with van der Waals surface area (Å²) in [5.74, 6) is -0.832. The van der Waals surface area contributed by atoms with E-state index < -0.39 is 5.79 Å². The zero-order chi connectivity index (χ0) is 8.44. The van der Waals surface area contributed by atoms with Crippen molar-refractivity contribution in [2.45, 2.75) is 11.9 Å². The van der Waals surface area contributed by atoms with Gasteiger partial charge in [0.25, 0.3) is 0 Å². The van der Waals surface area contributed by atoms with Gasteiger partial charge in [0.2, 0.25) is 5.79 Å². The molecule has 0 saturated carbocycles. The Labute approximate surface area is 70.8 Å². The molecule has 1 aliphatic carbocycles. The van der Waals surface area contributed by atoms with E-state index in [1.807, 2.05) is 30.4 Å². The van der Waals surface area contributed by atoms with E-state index in [9.17, 15) is 0 Å². The molecule has 2 bridgehead atoms. The Morgan fingerprint density at radius 1 is 1.25 bits per heavy atom. The van der Waals surface area contributed by atoms with E-state index >= 15 is 0 Å². The van der Waals surface area contributed by atoms with E-state index in [0.717, 1.165) is 0 Å². The Bertz CT molecular complexity index is 254. The highest BCUT2D eigenvalue weighted by atomic mass is 17.2. The first kappa shape index (κ1) is 7.73. The fourth-order valence-corrected chi connectivity index (χ4v) is 1.13. The van der Waals surface area contributed by atoms with Crippen LogP contribution in [-0.2, 0) is 14.5 Å². The van der Waals surface area contributed by atoms with Crippen LogP contribution in [0.1, 0.15) is 0 Å². The highest BCUT2D eigenvalue weighted by molar-refractivity contribution is 5.22. The van der Waals surface area contributed by atoms with Crippen LogP contribution in [0.2, 0.25) is 0 Å². The molecule has 3 aliphatic rings. The Hall–Kier alpha value is -0.900. The van der Waals surface area contributed by atoms with Gasteiger partial charge in [0.15, 0.2) is 0 Å². The first-order valence-electron chi connectivity index (χ1n) is 3.80. The fraction of sp³-hybridized carbons (Fsp3) is 0.333. The highest BCUT2D eigenvalue weighted by Gasteiger charge is 2.31. The molecule has 2 unspecified atom stereocenters. The van der Waals surface area contributed by atoms with Crippen molar-refractivity contribution < 1.29 is 14.5 Å². The van der Waals surface area contributed by atoms with Crippen LogP contribution in [0.4, 0.5) is 0 Å². The number of ether oxygens (including phenoxy) is 1. The second-order valence-electron chi connectivity index (χ2n) is 2.67. The lowest BCUT2D eigenvalue weighted by Crippen LogP contribution is -2.36. The van der Waals surface area contributed by atoms with E-state index in [2.05, 4.69) is 0 Å². The van der Waals surface area contributed by atoms with Crippen LogP contribution < -0.4 is 0 Å². The van der Waals surface area contributed by atoms with Crippen LogP contribution in [0.5, 0.6) is 0 Å². The molecule has 12 heavy (non-hydrogen) atoms. The number of hydrogen-bond acceptors (Lipinski definition) is 3. The summed E-state index contributed by atoms with van der Waals surface area (Å²) in [6.45, 7) is 0. The molecule has 0 amide bonds. The maximum absolute atomic E-state index is 5.15.